The van der Waals surface area contributed by atoms with E-state index < -0.39 is 11.6 Å². The predicted octanol–water partition coefficient (Wildman–Crippen LogP) is 2.81. The molecule has 0 aromatic heterocycles. The second-order valence-corrected chi connectivity index (χ2v) is 5.13. The van der Waals surface area contributed by atoms with E-state index in [2.05, 4.69) is 26.6 Å². The lowest BCUT2D eigenvalue weighted by atomic mass is 10.3. The van der Waals surface area contributed by atoms with Gasteiger partial charge < -0.3 is 10.6 Å². The van der Waals surface area contributed by atoms with Crippen LogP contribution >= 0.6 is 15.9 Å². The van der Waals surface area contributed by atoms with Crippen LogP contribution in [0.5, 0.6) is 0 Å². The monoisotopic (exact) mass is 318 g/mol. The van der Waals surface area contributed by atoms with Crippen LogP contribution in [0.1, 0.15) is 19.3 Å². The molecule has 0 bridgehead atoms. The summed E-state index contributed by atoms with van der Waals surface area (Å²) in [7, 11) is 0. The molecule has 18 heavy (non-hydrogen) atoms. The molecule has 0 aliphatic heterocycles. The summed E-state index contributed by atoms with van der Waals surface area (Å²) in [6.45, 7) is 0.570. The first-order chi connectivity index (χ1) is 8.56. The summed E-state index contributed by atoms with van der Waals surface area (Å²) in [5, 5.41) is 5.61. The van der Waals surface area contributed by atoms with Crippen molar-refractivity contribution >= 4 is 27.5 Å². The number of benzene rings is 1. The van der Waals surface area contributed by atoms with Crippen LogP contribution in [-0.2, 0) is 4.79 Å². The zero-order chi connectivity index (χ0) is 13.1. The topological polar surface area (TPSA) is 41.1 Å². The van der Waals surface area contributed by atoms with Gasteiger partial charge in [-0.05, 0) is 34.8 Å². The maximum absolute atomic E-state index is 13.4. The standard InChI is InChI=1S/C12H13BrF2N2O/c13-8-5-11(10(15)6-9(8)14)17-12(18)3-4-16-7-1-2-7/h5-7,16H,1-4H2,(H,17,18). The minimum Gasteiger partial charge on any atom is -0.324 e. The second kappa shape index (κ2) is 5.75. The van der Waals surface area contributed by atoms with Crippen molar-refractivity contribution in [3.05, 3.63) is 28.2 Å². The van der Waals surface area contributed by atoms with Crippen molar-refractivity contribution in [2.75, 3.05) is 11.9 Å². The third-order valence-electron chi connectivity index (χ3n) is 2.65. The number of carbonyl (C=O) groups excluding carboxylic acids is 1. The van der Waals surface area contributed by atoms with Gasteiger partial charge >= 0.3 is 0 Å². The molecule has 1 aromatic carbocycles. The summed E-state index contributed by atoms with van der Waals surface area (Å²) in [6.07, 6.45) is 2.58. The molecule has 2 rings (SSSR count). The van der Waals surface area contributed by atoms with E-state index in [4.69, 9.17) is 0 Å². The number of anilines is 1. The lowest BCUT2D eigenvalue weighted by molar-refractivity contribution is -0.116. The molecule has 1 amide bonds. The quantitative estimate of drug-likeness (QED) is 0.820. The highest BCUT2D eigenvalue weighted by molar-refractivity contribution is 9.10. The first-order valence-electron chi connectivity index (χ1n) is 5.74. The highest BCUT2D eigenvalue weighted by atomic mass is 79.9. The summed E-state index contributed by atoms with van der Waals surface area (Å²) in [5.41, 5.74) is -0.0142. The van der Waals surface area contributed by atoms with Crippen molar-refractivity contribution in [3.63, 3.8) is 0 Å². The Morgan fingerprint density at radius 2 is 2.06 bits per heavy atom. The predicted molar refractivity (Wildman–Crippen MR) is 68.3 cm³/mol. The smallest absolute Gasteiger partial charge is 0.225 e. The largest absolute Gasteiger partial charge is 0.324 e. The van der Waals surface area contributed by atoms with Crippen molar-refractivity contribution in [2.24, 2.45) is 0 Å². The van der Waals surface area contributed by atoms with Gasteiger partial charge in [0, 0.05) is 25.1 Å². The van der Waals surface area contributed by atoms with E-state index in [1.807, 2.05) is 0 Å². The number of carbonyl (C=O) groups is 1. The first-order valence-corrected chi connectivity index (χ1v) is 6.53. The Morgan fingerprint density at radius 1 is 1.33 bits per heavy atom. The van der Waals surface area contributed by atoms with Crippen LogP contribution in [0.4, 0.5) is 14.5 Å². The van der Waals surface area contributed by atoms with Crippen LogP contribution in [0.25, 0.3) is 0 Å². The van der Waals surface area contributed by atoms with Gasteiger partial charge in [0.2, 0.25) is 5.91 Å². The van der Waals surface area contributed by atoms with Crippen LogP contribution in [0.2, 0.25) is 0 Å². The molecule has 6 heteroatoms. The molecule has 0 atom stereocenters. The number of hydrogen-bond donors (Lipinski definition) is 2. The maximum atomic E-state index is 13.4. The normalized spacial score (nSPS) is 14.6. The lowest BCUT2D eigenvalue weighted by Gasteiger charge is -2.08. The highest BCUT2D eigenvalue weighted by Crippen LogP contribution is 2.23. The molecule has 1 aliphatic carbocycles. The Kier molecular flexibility index (Phi) is 4.29. The zero-order valence-corrected chi connectivity index (χ0v) is 11.2. The van der Waals surface area contributed by atoms with E-state index in [0.717, 1.165) is 18.9 Å². The van der Waals surface area contributed by atoms with Crippen LogP contribution < -0.4 is 10.6 Å². The molecule has 1 aromatic rings. The minimum absolute atomic E-state index is 0.0142. The molecule has 1 aliphatic rings. The van der Waals surface area contributed by atoms with Crippen molar-refractivity contribution < 1.29 is 13.6 Å². The van der Waals surface area contributed by atoms with E-state index >= 15 is 0 Å². The molecular formula is C12H13BrF2N2O. The van der Waals surface area contributed by atoms with Gasteiger partial charge in [0.25, 0.3) is 0 Å². The Morgan fingerprint density at radius 3 is 2.72 bits per heavy atom. The van der Waals surface area contributed by atoms with Crippen molar-refractivity contribution in [1.82, 2.24) is 5.32 Å². The highest BCUT2D eigenvalue weighted by Gasteiger charge is 2.20. The molecule has 1 saturated carbocycles. The Labute approximate surface area is 112 Å². The van der Waals surface area contributed by atoms with E-state index in [1.165, 1.54) is 6.07 Å². The summed E-state index contributed by atoms with van der Waals surface area (Å²) >= 11 is 2.94. The van der Waals surface area contributed by atoms with Gasteiger partial charge in [-0.15, -0.1) is 0 Å². The molecule has 0 saturated heterocycles. The molecule has 98 valence electrons. The number of halogens is 3. The fourth-order valence-electron chi connectivity index (χ4n) is 1.51. The number of rotatable bonds is 5. The van der Waals surface area contributed by atoms with Gasteiger partial charge in [-0.1, -0.05) is 0 Å². The third kappa shape index (κ3) is 3.74. The Hall–Kier alpha value is -1.01. The van der Waals surface area contributed by atoms with Gasteiger partial charge in [-0.2, -0.15) is 0 Å². The van der Waals surface area contributed by atoms with Crippen molar-refractivity contribution in [2.45, 2.75) is 25.3 Å². The van der Waals surface area contributed by atoms with Crippen molar-refractivity contribution in [1.29, 1.82) is 0 Å². The van der Waals surface area contributed by atoms with E-state index in [1.54, 1.807) is 0 Å². The fourth-order valence-corrected chi connectivity index (χ4v) is 1.85. The van der Waals surface area contributed by atoms with E-state index in [0.29, 0.717) is 12.6 Å². The van der Waals surface area contributed by atoms with Crippen LogP contribution in [0, 0.1) is 11.6 Å². The van der Waals surface area contributed by atoms with E-state index in [-0.39, 0.29) is 22.5 Å². The SMILES string of the molecule is O=C(CCNC1CC1)Nc1cc(Br)c(F)cc1F. The molecule has 0 heterocycles. The number of hydrogen-bond acceptors (Lipinski definition) is 2. The van der Waals surface area contributed by atoms with Crippen molar-refractivity contribution in [3.8, 4) is 0 Å². The summed E-state index contributed by atoms with van der Waals surface area (Å²) in [4.78, 5) is 11.5. The molecular weight excluding hydrogens is 306 g/mol. The molecule has 0 spiro atoms. The number of nitrogens with one attached hydrogen (secondary N) is 2. The maximum Gasteiger partial charge on any atom is 0.225 e. The third-order valence-corrected chi connectivity index (χ3v) is 3.25. The first kappa shape index (κ1) is 13.4. The molecule has 0 radical (unpaired) electrons. The van der Waals surface area contributed by atoms with Gasteiger partial charge in [-0.3, -0.25) is 4.79 Å². The van der Waals surface area contributed by atoms with Gasteiger partial charge in [0.15, 0.2) is 0 Å². The summed E-state index contributed by atoms with van der Waals surface area (Å²) in [5.74, 6) is -1.76. The zero-order valence-electron chi connectivity index (χ0n) is 9.60. The second-order valence-electron chi connectivity index (χ2n) is 4.27. The van der Waals surface area contributed by atoms with Crippen LogP contribution in [0.3, 0.4) is 0 Å². The van der Waals surface area contributed by atoms with Gasteiger partial charge in [-0.25, -0.2) is 8.78 Å². The average Bonchev–Trinajstić information content (AvgIpc) is 3.10. The lowest BCUT2D eigenvalue weighted by Crippen LogP contribution is -2.23. The summed E-state index contributed by atoms with van der Waals surface area (Å²) < 4.78 is 26.5. The fraction of sp³-hybridized carbons (Fsp3) is 0.417. The minimum atomic E-state index is -0.779. The molecule has 2 N–H and O–H groups in total. The average molecular weight is 319 g/mol. The number of amides is 1. The van der Waals surface area contributed by atoms with Gasteiger partial charge in [0.05, 0.1) is 10.2 Å². The molecule has 3 nitrogen and oxygen atoms in total. The molecule has 1 fully saturated rings. The van der Waals surface area contributed by atoms with Crippen LogP contribution in [0.15, 0.2) is 16.6 Å². The Balaban J connectivity index is 1.87. The van der Waals surface area contributed by atoms with Crippen LogP contribution in [-0.4, -0.2) is 18.5 Å². The van der Waals surface area contributed by atoms with E-state index in [9.17, 15) is 13.6 Å². The summed E-state index contributed by atoms with van der Waals surface area (Å²) in [6, 6.07) is 2.49. The molecule has 0 unspecified atom stereocenters. The Bertz CT molecular complexity index is 464. The van der Waals surface area contributed by atoms with Gasteiger partial charge in [0.1, 0.15) is 11.6 Å².